The lowest BCUT2D eigenvalue weighted by Gasteiger charge is -2.15. The highest BCUT2D eigenvalue weighted by Gasteiger charge is 2.23. The number of fused-ring (bicyclic) bond motifs is 2. The number of nitrogens with one attached hydrogen (secondary N) is 2. The molecule has 0 aliphatic rings. The van der Waals surface area contributed by atoms with Crippen molar-refractivity contribution in [3.05, 3.63) is 96.0 Å². The maximum Gasteiger partial charge on any atom is 0.263 e. The van der Waals surface area contributed by atoms with E-state index >= 15 is 4.39 Å². The molecule has 0 saturated heterocycles. The Morgan fingerprint density at radius 3 is 2.59 bits per heavy atom. The van der Waals surface area contributed by atoms with E-state index in [9.17, 15) is 12.8 Å². The Bertz CT molecular complexity index is 2070. The number of imidazole rings is 1. The van der Waals surface area contributed by atoms with Crippen molar-refractivity contribution >= 4 is 60.9 Å². The number of ether oxygens (including phenoxy) is 1. The van der Waals surface area contributed by atoms with E-state index in [1.54, 1.807) is 23.0 Å². The number of rotatable bonds is 7. The van der Waals surface area contributed by atoms with Gasteiger partial charge in [-0.2, -0.15) is 0 Å². The number of para-hydroxylation sites is 2. The van der Waals surface area contributed by atoms with Crippen molar-refractivity contribution < 1.29 is 21.9 Å². The van der Waals surface area contributed by atoms with Crippen LogP contribution in [0.15, 0.2) is 84.3 Å². The first kappa shape index (κ1) is 26.3. The zero-order valence-electron chi connectivity index (χ0n) is 21.0. The van der Waals surface area contributed by atoms with Crippen LogP contribution < -0.4 is 14.8 Å². The van der Waals surface area contributed by atoms with Gasteiger partial charge in [0.15, 0.2) is 11.6 Å². The summed E-state index contributed by atoms with van der Waals surface area (Å²) < 4.78 is 65.4. The van der Waals surface area contributed by atoms with Crippen LogP contribution in [-0.4, -0.2) is 40.0 Å². The lowest BCUT2D eigenvalue weighted by atomic mass is 10.2. The topological polar surface area (TPSA) is 124 Å². The van der Waals surface area contributed by atoms with E-state index in [1.165, 1.54) is 31.6 Å². The number of methoxy groups -OCH3 is 1. The molecule has 3 heterocycles. The first-order valence-corrected chi connectivity index (χ1v) is 13.8. The number of benzene rings is 3. The fraction of sp³-hybridized carbons (Fsp3) is 0.0370. The minimum absolute atomic E-state index is 0.00252. The molecule has 0 saturated carbocycles. The van der Waals surface area contributed by atoms with E-state index in [0.717, 1.165) is 23.2 Å². The van der Waals surface area contributed by atoms with Crippen molar-refractivity contribution in [2.45, 2.75) is 4.90 Å². The minimum Gasteiger partial charge on any atom is -0.497 e. The van der Waals surface area contributed by atoms with Crippen molar-refractivity contribution in [1.82, 2.24) is 24.5 Å². The predicted octanol–water partition coefficient (Wildman–Crippen LogP) is 5.85. The number of halogens is 3. The van der Waals surface area contributed by atoms with Gasteiger partial charge in [-0.05, 0) is 48.5 Å². The van der Waals surface area contributed by atoms with E-state index in [2.05, 4.69) is 30.0 Å². The Morgan fingerprint density at radius 1 is 0.951 bits per heavy atom. The molecule has 2 N–H and O–H groups in total. The molecular weight excluding hydrogens is 576 g/mol. The smallest absolute Gasteiger partial charge is 0.263 e. The van der Waals surface area contributed by atoms with Gasteiger partial charge in [-0.3, -0.25) is 9.29 Å². The Balaban J connectivity index is 1.37. The summed E-state index contributed by atoms with van der Waals surface area (Å²) in [5, 5.41) is 2.48. The van der Waals surface area contributed by atoms with Crippen LogP contribution in [0.3, 0.4) is 0 Å². The number of anilines is 3. The lowest BCUT2D eigenvalue weighted by Crippen LogP contribution is -2.15. The lowest BCUT2D eigenvalue weighted by molar-refractivity contribution is 0.414. The molecule has 206 valence electrons. The van der Waals surface area contributed by atoms with Gasteiger partial charge in [0.2, 0.25) is 0 Å². The maximum atomic E-state index is 15.6. The van der Waals surface area contributed by atoms with Gasteiger partial charge >= 0.3 is 0 Å². The Kier molecular flexibility index (Phi) is 6.59. The molecule has 0 unspecified atom stereocenters. The maximum absolute atomic E-state index is 15.6. The average molecular weight is 594 g/mol. The highest BCUT2D eigenvalue weighted by Crippen LogP contribution is 2.33. The highest BCUT2D eigenvalue weighted by molar-refractivity contribution is 7.92. The second kappa shape index (κ2) is 10.3. The molecule has 3 aromatic carbocycles. The van der Waals surface area contributed by atoms with Crippen molar-refractivity contribution in [2.75, 3.05) is 17.1 Å². The molecule has 0 spiro atoms. The summed E-state index contributed by atoms with van der Waals surface area (Å²) in [6.45, 7) is 0. The standard InChI is InChI=1S/C27H18ClF2N7O3S/c1-40-15-6-10-22(16(28)12-15)41(38,39)36-19-8-7-17(29)25(24(19)30)35-27-26-20(31-13-32-27)9-11-23(34-26)37-14-33-18-4-2-3-5-21(18)37/h2-14,36H,1H3,(H,31,32,35). The fourth-order valence-electron chi connectivity index (χ4n) is 4.19. The second-order valence-electron chi connectivity index (χ2n) is 8.67. The summed E-state index contributed by atoms with van der Waals surface area (Å²) in [4.78, 5) is 17.0. The normalized spacial score (nSPS) is 11.6. The van der Waals surface area contributed by atoms with E-state index in [0.29, 0.717) is 17.1 Å². The van der Waals surface area contributed by atoms with Crippen LogP contribution in [0.2, 0.25) is 5.02 Å². The number of aromatic nitrogens is 5. The summed E-state index contributed by atoms with van der Waals surface area (Å²) in [6.07, 6.45) is 2.83. The summed E-state index contributed by atoms with van der Waals surface area (Å²) in [6, 6.07) is 16.7. The van der Waals surface area contributed by atoms with Crippen LogP contribution in [0, 0.1) is 11.6 Å². The average Bonchev–Trinajstić information content (AvgIpc) is 3.40. The first-order chi connectivity index (χ1) is 19.7. The Morgan fingerprint density at radius 2 is 1.78 bits per heavy atom. The van der Waals surface area contributed by atoms with Gasteiger partial charge in [0.05, 0.1) is 34.4 Å². The molecule has 0 bridgehead atoms. The second-order valence-corrected chi connectivity index (χ2v) is 10.7. The van der Waals surface area contributed by atoms with Crippen LogP contribution in [0.4, 0.5) is 26.0 Å². The number of sulfonamides is 1. The van der Waals surface area contributed by atoms with Gasteiger partial charge in [0.1, 0.15) is 46.1 Å². The summed E-state index contributed by atoms with van der Waals surface area (Å²) in [5.41, 5.74) is 1.03. The van der Waals surface area contributed by atoms with Gasteiger partial charge < -0.3 is 10.1 Å². The van der Waals surface area contributed by atoms with E-state index in [4.69, 9.17) is 16.3 Å². The van der Waals surface area contributed by atoms with Crippen molar-refractivity contribution in [1.29, 1.82) is 0 Å². The number of pyridine rings is 1. The van der Waals surface area contributed by atoms with Gasteiger partial charge in [-0.25, -0.2) is 37.1 Å². The quantitative estimate of drug-likeness (QED) is 0.236. The van der Waals surface area contributed by atoms with Crippen LogP contribution in [0.25, 0.3) is 27.9 Å². The Labute approximate surface area is 236 Å². The third-order valence-corrected chi connectivity index (χ3v) is 8.02. The summed E-state index contributed by atoms with van der Waals surface area (Å²) >= 11 is 6.11. The molecule has 0 atom stereocenters. The van der Waals surface area contributed by atoms with E-state index in [1.807, 2.05) is 24.3 Å². The zero-order chi connectivity index (χ0) is 28.7. The monoisotopic (exact) mass is 593 g/mol. The number of nitrogens with zero attached hydrogens (tertiary/aromatic N) is 5. The van der Waals surface area contributed by atoms with Crippen LogP contribution >= 0.6 is 11.6 Å². The molecule has 0 fully saturated rings. The summed E-state index contributed by atoms with van der Waals surface area (Å²) in [5.74, 6) is -1.39. The third kappa shape index (κ3) is 4.85. The van der Waals surface area contributed by atoms with Gasteiger partial charge in [-0.1, -0.05) is 23.7 Å². The highest BCUT2D eigenvalue weighted by atomic mass is 35.5. The van der Waals surface area contributed by atoms with Crippen LogP contribution in [0.1, 0.15) is 0 Å². The minimum atomic E-state index is -4.35. The number of hydrogen-bond donors (Lipinski definition) is 2. The van der Waals surface area contributed by atoms with Crippen molar-refractivity contribution in [2.24, 2.45) is 0 Å². The van der Waals surface area contributed by atoms with Gasteiger partial charge in [-0.15, -0.1) is 0 Å². The predicted molar refractivity (Wildman–Crippen MR) is 150 cm³/mol. The van der Waals surface area contributed by atoms with E-state index in [-0.39, 0.29) is 21.3 Å². The molecule has 3 aromatic heterocycles. The number of hydrogen-bond acceptors (Lipinski definition) is 8. The largest absolute Gasteiger partial charge is 0.497 e. The molecule has 6 rings (SSSR count). The van der Waals surface area contributed by atoms with E-state index < -0.39 is 33.0 Å². The van der Waals surface area contributed by atoms with Crippen LogP contribution in [0.5, 0.6) is 5.75 Å². The molecule has 6 aromatic rings. The Hall–Kier alpha value is -4.88. The van der Waals surface area contributed by atoms with Crippen molar-refractivity contribution in [3.63, 3.8) is 0 Å². The molecule has 41 heavy (non-hydrogen) atoms. The SMILES string of the molecule is COc1ccc(S(=O)(=O)Nc2ccc(F)c(Nc3ncnc4ccc(-n5cnc6ccccc65)nc34)c2F)c(Cl)c1. The molecule has 0 aliphatic carbocycles. The zero-order valence-corrected chi connectivity index (χ0v) is 22.6. The molecule has 0 amide bonds. The molecular formula is C27H18ClF2N7O3S. The molecule has 10 nitrogen and oxygen atoms in total. The summed E-state index contributed by atoms with van der Waals surface area (Å²) in [7, 11) is -2.95. The van der Waals surface area contributed by atoms with Gasteiger partial charge in [0, 0.05) is 6.07 Å². The first-order valence-electron chi connectivity index (χ1n) is 11.9. The molecule has 14 heteroatoms. The van der Waals surface area contributed by atoms with Crippen molar-refractivity contribution in [3.8, 4) is 11.6 Å². The van der Waals surface area contributed by atoms with Gasteiger partial charge in [0.25, 0.3) is 10.0 Å². The third-order valence-electron chi connectivity index (χ3n) is 6.17. The van der Waals surface area contributed by atoms with Crippen LogP contribution in [-0.2, 0) is 10.0 Å². The molecule has 0 radical (unpaired) electrons. The fourth-order valence-corrected chi connectivity index (χ4v) is 5.78. The molecule has 0 aliphatic heterocycles.